The first-order valence-electron chi connectivity index (χ1n) is 7.71. The number of halogens is 1. The van der Waals surface area contributed by atoms with Crippen molar-refractivity contribution in [3.8, 4) is 11.5 Å². The Morgan fingerprint density at radius 3 is 2.57 bits per heavy atom. The molecule has 23 heavy (non-hydrogen) atoms. The average molecular weight is 343 g/mol. The Labute approximate surface area is 143 Å². The third-order valence-corrected chi connectivity index (χ3v) is 3.42. The molecular formula is C17H27ClN2O3. The molecule has 0 fully saturated rings. The summed E-state index contributed by atoms with van der Waals surface area (Å²) in [5.41, 5.74) is 5.79. The SMILES string of the molecule is COc1cc(C(=O)NCC(C)(C)N)cc(Cl)c1OCCC(C)C. The molecule has 1 amide bonds. The van der Waals surface area contributed by atoms with Crippen LogP contribution in [0.2, 0.25) is 5.02 Å². The maximum atomic E-state index is 12.2. The topological polar surface area (TPSA) is 73.6 Å². The third-order valence-electron chi connectivity index (χ3n) is 3.14. The fourth-order valence-electron chi connectivity index (χ4n) is 1.80. The van der Waals surface area contributed by atoms with E-state index >= 15 is 0 Å². The lowest BCUT2D eigenvalue weighted by Crippen LogP contribution is -2.45. The van der Waals surface area contributed by atoms with E-state index in [2.05, 4.69) is 19.2 Å². The predicted molar refractivity (Wildman–Crippen MR) is 93.6 cm³/mol. The fraction of sp³-hybridized carbons (Fsp3) is 0.588. The summed E-state index contributed by atoms with van der Waals surface area (Å²) in [6.45, 7) is 8.82. The Morgan fingerprint density at radius 1 is 1.39 bits per heavy atom. The fourth-order valence-corrected chi connectivity index (χ4v) is 2.06. The van der Waals surface area contributed by atoms with Crippen LogP contribution < -0.4 is 20.5 Å². The molecular weight excluding hydrogens is 316 g/mol. The summed E-state index contributed by atoms with van der Waals surface area (Å²) in [5.74, 6) is 1.19. The van der Waals surface area contributed by atoms with Gasteiger partial charge in [0, 0.05) is 17.6 Å². The van der Waals surface area contributed by atoms with Gasteiger partial charge in [-0.2, -0.15) is 0 Å². The van der Waals surface area contributed by atoms with Crippen LogP contribution in [0.5, 0.6) is 11.5 Å². The molecule has 5 nitrogen and oxygen atoms in total. The number of nitrogens with two attached hydrogens (primary N) is 1. The summed E-state index contributed by atoms with van der Waals surface area (Å²) in [7, 11) is 1.52. The molecule has 0 aliphatic heterocycles. The molecule has 0 bridgehead atoms. The maximum Gasteiger partial charge on any atom is 0.251 e. The van der Waals surface area contributed by atoms with Crippen LogP contribution >= 0.6 is 11.6 Å². The zero-order valence-corrected chi connectivity index (χ0v) is 15.3. The molecule has 1 aromatic carbocycles. The van der Waals surface area contributed by atoms with Crippen molar-refractivity contribution in [3.63, 3.8) is 0 Å². The van der Waals surface area contributed by atoms with Crippen molar-refractivity contribution in [1.29, 1.82) is 0 Å². The third kappa shape index (κ3) is 6.67. The van der Waals surface area contributed by atoms with E-state index in [-0.39, 0.29) is 5.91 Å². The van der Waals surface area contributed by atoms with Gasteiger partial charge in [0.1, 0.15) is 0 Å². The molecule has 0 aliphatic rings. The second-order valence-electron chi connectivity index (χ2n) is 6.69. The number of carbonyl (C=O) groups excluding carboxylic acids is 1. The molecule has 0 saturated heterocycles. The number of ether oxygens (including phenoxy) is 2. The van der Waals surface area contributed by atoms with E-state index in [4.69, 9.17) is 26.8 Å². The Hall–Kier alpha value is -1.46. The summed E-state index contributed by atoms with van der Waals surface area (Å²) in [6, 6.07) is 3.20. The molecule has 0 radical (unpaired) electrons. The van der Waals surface area contributed by atoms with E-state index in [9.17, 15) is 4.79 Å². The van der Waals surface area contributed by atoms with Gasteiger partial charge in [-0.05, 0) is 38.3 Å². The highest BCUT2D eigenvalue weighted by molar-refractivity contribution is 6.32. The van der Waals surface area contributed by atoms with E-state index < -0.39 is 5.54 Å². The molecule has 6 heteroatoms. The highest BCUT2D eigenvalue weighted by Gasteiger charge is 2.18. The maximum absolute atomic E-state index is 12.2. The van der Waals surface area contributed by atoms with Crippen molar-refractivity contribution in [2.45, 2.75) is 39.7 Å². The van der Waals surface area contributed by atoms with Crippen molar-refractivity contribution in [1.82, 2.24) is 5.32 Å². The Bertz CT molecular complexity index is 539. The highest BCUT2D eigenvalue weighted by Crippen LogP contribution is 2.36. The molecule has 1 aromatic rings. The summed E-state index contributed by atoms with van der Waals surface area (Å²) < 4.78 is 11.0. The average Bonchev–Trinajstić information content (AvgIpc) is 2.44. The van der Waals surface area contributed by atoms with Crippen LogP contribution in [0.15, 0.2) is 12.1 Å². The van der Waals surface area contributed by atoms with Crippen LogP contribution in [-0.4, -0.2) is 31.7 Å². The van der Waals surface area contributed by atoms with Gasteiger partial charge in [0.05, 0.1) is 18.7 Å². The number of hydrogen-bond acceptors (Lipinski definition) is 4. The first-order valence-corrected chi connectivity index (χ1v) is 8.09. The monoisotopic (exact) mass is 342 g/mol. The standard InChI is InChI=1S/C17H27ClN2O3/c1-11(2)6-7-23-15-13(18)8-12(9-14(15)22-5)16(21)20-10-17(3,4)19/h8-9,11H,6-7,10,19H2,1-5H3,(H,20,21). The van der Waals surface area contributed by atoms with Gasteiger partial charge in [0.25, 0.3) is 5.91 Å². The first-order chi connectivity index (χ1) is 10.6. The Morgan fingerprint density at radius 2 is 2.04 bits per heavy atom. The number of benzene rings is 1. The van der Waals surface area contributed by atoms with Gasteiger partial charge >= 0.3 is 0 Å². The van der Waals surface area contributed by atoms with Gasteiger partial charge in [0.2, 0.25) is 0 Å². The summed E-state index contributed by atoms with van der Waals surface area (Å²) >= 11 is 6.25. The van der Waals surface area contributed by atoms with E-state index in [0.717, 1.165) is 6.42 Å². The lowest BCUT2D eigenvalue weighted by molar-refractivity contribution is 0.0945. The molecule has 130 valence electrons. The second-order valence-corrected chi connectivity index (χ2v) is 7.10. The minimum absolute atomic E-state index is 0.252. The molecule has 3 N–H and O–H groups in total. The molecule has 0 aromatic heterocycles. The van der Waals surface area contributed by atoms with E-state index in [1.165, 1.54) is 7.11 Å². The number of hydrogen-bond donors (Lipinski definition) is 2. The summed E-state index contributed by atoms with van der Waals surface area (Å²) in [4.78, 5) is 12.2. The molecule has 0 atom stereocenters. The van der Waals surface area contributed by atoms with E-state index in [0.29, 0.717) is 41.2 Å². The number of amides is 1. The number of nitrogens with one attached hydrogen (secondary N) is 1. The quantitative estimate of drug-likeness (QED) is 0.760. The van der Waals surface area contributed by atoms with Gasteiger partial charge in [-0.15, -0.1) is 0 Å². The van der Waals surface area contributed by atoms with Crippen LogP contribution in [0.25, 0.3) is 0 Å². The van der Waals surface area contributed by atoms with Crippen LogP contribution in [0.1, 0.15) is 44.5 Å². The summed E-state index contributed by atoms with van der Waals surface area (Å²) in [6.07, 6.45) is 0.910. The summed E-state index contributed by atoms with van der Waals surface area (Å²) in [5, 5.41) is 3.13. The van der Waals surface area contributed by atoms with Crippen molar-refractivity contribution in [3.05, 3.63) is 22.7 Å². The number of rotatable bonds is 8. The van der Waals surface area contributed by atoms with Crippen molar-refractivity contribution in [2.24, 2.45) is 11.7 Å². The minimum Gasteiger partial charge on any atom is -0.493 e. The Balaban J connectivity index is 2.88. The van der Waals surface area contributed by atoms with Crippen molar-refractivity contribution >= 4 is 17.5 Å². The predicted octanol–water partition coefficient (Wildman–Crippen LogP) is 3.24. The van der Waals surface area contributed by atoms with Gasteiger partial charge in [-0.25, -0.2) is 0 Å². The lowest BCUT2D eigenvalue weighted by atomic mass is 10.1. The van der Waals surface area contributed by atoms with Crippen molar-refractivity contribution in [2.75, 3.05) is 20.3 Å². The smallest absolute Gasteiger partial charge is 0.251 e. The van der Waals surface area contributed by atoms with Crippen LogP contribution in [0.3, 0.4) is 0 Å². The highest BCUT2D eigenvalue weighted by atomic mass is 35.5. The van der Waals surface area contributed by atoms with Crippen molar-refractivity contribution < 1.29 is 14.3 Å². The van der Waals surface area contributed by atoms with Gasteiger partial charge < -0.3 is 20.5 Å². The normalized spacial score (nSPS) is 11.5. The molecule has 0 heterocycles. The molecule has 1 rings (SSSR count). The zero-order chi connectivity index (χ0) is 17.6. The van der Waals surface area contributed by atoms with Gasteiger partial charge in [-0.3, -0.25) is 4.79 Å². The zero-order valence-electron chi connectivity index (χ0n) is 14.5. The van der Waals surface area contributed by atoms with Crippen LogP contribution in [0.4, 0.5) is 0 Å². The largest absolute Gasteiger partial charge is 0.493 e. The second kappa shape index (κ2) is 8.41. The molecule has 0 spiro atoms. The van der Waals surface area contributed by atoms with Gasteiger partial charge in [-0.1, -0.05) is 25.4 Å². The lowest BCUT2D eigenvalue weighted by Gasteiger charge is -2.19. The Kier molecular flexibility index (Phi) is 7.16. The first kappa shape index (κ1) is 19.6. The van der Waals surface area contributed by atoms with Crippen LogP contribution in [-0.2, 0) is 0 Å². The van der Waals surface area contributed by atoms with Crippen LogP contribution in [0, 0.1) is 5.92 Å². The molecule has 0 aliphatic carbocycles. The minimum atomic E-state index is -0.483. The van der Waals surface area contributed by atoms with E-state index in [1.54, 1.807) is 12.1 Å². The number of carbonyl (C=O) groups is 1. The van der Waals surface area contributed by atoms with E-state index in [1.807, 2.05) is 13.8 Å². The molecule has 0 unspecified atom stereocenters. The number of methoxy groups -OCH3 is 1. The molecule has 0 saturated carbocycles. The van der Waals surface area contributed by atoms with Gasteiger partial charge in [0.15, 0.2) is 11.5 Å².